The van der Waals surface area contributed by atoms with E-state index in [-0.39, 0.29) is 0 Å². The Labute approximate surface area is 75.5 Å². The molecule has 4 nitrogen and oxygen atoms in total. The van der Waals surface area contributed by atoms with Gasteiger partial charge in [0.25, 0.3) is 0 Å². The van der Waals surface area contributed by atoms with E-state index in [1.807, 2.05) is 0 Å². The quantitative estimate of drug-likeness (QED) is 0.605. The molecule has 0 rings (SSSR count). The largest absolute Gasteiger partial charge is 0.469 e. The van der Waals surface area contributed by atoms with Gasteiger partial charge in [0.2, 0.25) is 0 Å². The van der Waals surface area contributed by atoms with E-state index >= 15 is 0 Å². The van der Waals surface area contributed by atoms with E-state index in [0.717, 1.165) is 0 Å². The fourth-order valence-corrected chi connectivity index (χ4v) is 2.57. The molecule has 0 spiro atoms. The summed E-state index contributed by atoms with van der Waals surface area (Å²) in [6, 6.07) is 0. The molecular formula is C3H7Br2O4P. The Balaban J connectivity index is 3.75. The molecule has 0 bridgehead atoms. The zero-order valence-electron chi connectivity index (χ0n) is 4.91. The Bertz CT molecular complexity index is 130. The highest BCUT2D eigenvalue weighted by atomic mass is 79.9. The van der Waals surface area contributed by atoms with Gasteiger partial charge in [0.15, 0.2) is 0 Å². The van der Waals surface area contributed by atoms with Crippen molar-refractivity contribution >= 4 is 39.7 Å². The van der Waals surface area contributed by atoms with Crippen LogP contribution in [0.2, 0.25) is 0 Å². The lowest BCUT2D eigenvalue weighted by Crippen LogP contribution is -2.14. The number of hydrogen-bond donors (Lipinski definition) is 2. The summed E-state index contributed by atoms with van der Waals surface area (Å²) < 4.78 is 14.5. The van der Waals surface area contributed by atoms with Gasteiger partial charge in [-0.05, 0) is 0 Å². The molecule has 7 heteroatoms. The molecule has 0 amide bonds. The van der Waals surface area contributed by atoms with Crippen LogP contribution in [0.1, 0.15) is 0 Å². The van der Waals surface area contributed by atoms with Gasteiger partial charge in [-0.1, -0.05) is 31.9 Å². The van der Waals surface area contributed by atoms with Crippen molar-refractivity contribution in [2.45, 2.75) is 6.10 Å². The van der Waals surface area contributed by atoms with E-state index < -0.39 is 13.9 Å². The number of phosphoric ester groups is 1. The van der Waals surface area contributed by atoms with Crippen LogP contribution in [0.3, 0.4) is 0 Å². The van der Waals surface area contributed by atoms with E-state index in [9.17, 15) is 4.57 Å². The van der Waals surface area contributed by atoms with Gasteiger partial charge >= 0.3 is 7.82 Å². The minimum absolute atomic E-state index is 0.392. The third-order valence-corrected chi connectivity index (χ3v) is 2.65. The Morgan fingerprint density at radius 3 is 1.90 bits per heavy atom. The molecule has 0 saturated heterocycles. The fraction of sp³-hybridized carbons (Fsp3) is 1.00. The van der Waals surface area contributed by atoms with Gasteiger partial charge in [-0.3, -0.25) is 4.52 Å². The molecular weight excluding hydrogens is 291 g/mol. The van der Waals surface area contributed by atoms with Crippen LogP contribution < -0.4 is 0 Å². The number of rotatable bonds is 4. The molecule has 0 aromatic carbocycles. The monoisotopic (exact) mass is 296 g/mol. The fourth-order valence-electron chi connectivity index (χ4n) is 0.292. The molecule has 0 atom stereocenters. The highest BCUT2D eigenvalue weighted by Crippen LogP contribution is 2.38. The van der Waals surface area contributed by atoms with Crippen LogP contribution in [0.15, 0.2) is 0 Å². The second-order valence-corrected chi connectivity index (χ2v) is 4.01. The van der Waals surface area contributed by atoms with Gasteiger partial charge in [-0.2, -0.15) is 0 Å². The maximum atomic E-state index is 10.2. The second-order valence-electron chi connectivity index (χ2n) is 1.53. The molecule has 2 N–H and O–H groups in total. The molecule has 0 aliphatic rings. The number of alkyl halides is 2. The molecule has 0 aromatic heterocycles. The van der Waals surface area contributed by atoms with Crippen molar-refractivity contribution in [3.8, 4) is 0 Å². The summed E-state index contributed by atoms with van der Waals surface area (Å²) in [5, 5.41) is 0.784. The summed E-state index contributed by atoms with van der Waals surface area (Å²) in [4.78, 5) is 16.6. The molecule has 0 radical (unpaired) electrons. The predicted molar refractivity (Wildman–Crippen MR) is 44.5 cm³/mol. The first kappa shape index (κ1) is 11.1. The number of phosphoric acid groups is 1. The van der Waals surface area contributed by atoms with Crippen LogP contribution in [0, 0.1) is 0 Å². The van der Waals surface area contributed by atoms with Crippen molar-refractivity contribution in [2.75, 3.05) is 10.7 Å². The minimum atomic E-state index is -4.31. The van der Waals surface area contributed by atoms with Gasteiger partial charge in [0.1, 0.15) is 0 Å². The average Bonchev–Trinajstić information content (AvgIpc) is 1.81. The topological polar surface area (TPSA) is 66.8 Å². The van der Waals surface area contributed by atoms with Gasteiger partial charge < -0.3 is 9.79 Å². The summed E-state index contributed by atoms with van der Waals surface area (Å²) >= 11 is 6.06. The molecule has 0 fully saturated rings. The normalized spacial score (nSPS) is 12.5. The van der Waals surface area contributed by atoms with Crippen molar-refractivity contribution in [1.29, 1.82) is 0 Å². The SMILES string of the molecule is O=P(O)(O)OC(CBr)CBr. The van der Waals surface area contributed by atoms with E-state index in [0.29, 0.717) is 10.7 Å². The molecule has 0 aliphatic heterocycles. The third-order valence-electron chi connectivity index (χ3n) is 0.631. The standard InChI is InChI=1S/C3H7Br2O4P/c4-1-3(2-5)9-10(6,7)8/h3H,1-2H2,(H2,6,7,8). The van der Waals surface area contributed by atoms with Gasteiger partial charge in [0.05, 0.1) is 6.10 Å². The van der Waals surface area contributed by atoms with Crippen LogP contribution in [-0.2, 0) is 9.09 Å². The Morgan fingerprint density at radius 2 is 1.80 bits per heavy atom. The summed E-state index contributed by atoms with van der Waals surface area (Å²) in [5.74, 6) is 0. The van der Waals surface area contributed by atoms with E-state index in [1.54, 1.807) is 0 Å². The molecule has 0 saturated carbocycles. The summed E-state index contributed by atoms with van der Waals surface area (Å²) in [6.07, 6.45) is -0.485. The smallest absolute Gasteiger partial charge is 0.303 e. The van der Waals surface area contributed by atoms with Crippen LogP contribution in [-0.4, -0.2) is 26.6 Å². The van der Waals surface area contributed by atoms with Crippen molar-refractivity contribution in [3.63, 3.8) is 0 Å². The molecule has 0 aromatic rings. The molecule has 0 unspecified atom stereocenters. The summed E-state index contributed by atoms with van der Waals surface area (Å²) in [5.41, 5.74) is 0. The predicted octanol–water partition coefficient (Wildman–Crippen LogP) is 1.25. The van der Waals surface area contributed by atoms with Gasteiger partial charge in [-0.25, -0.2) is 4.57 Å². The lowest BCUT2D eigenvalue weighted by molar-refractivity contribution is 0.163. The van der Waals surface area contributed by atoms with Crippen LogP contribution in [0.4, 0.5) is 0 Å². The van der Waals surface area contributed by atoms with Crippen molar-refractivity contribution in [1.82, 2.24) is 0 Å². The summed E-state index contributed by atoms with van der Waals surface area (Å²) in [6.45, 7) is 0. The van der Waals surface area contributed by atoms with Crippen molar-refractivity contribution in [2.24, 2.45) is 0 Å². The Kier molecular flexibility index (Phi) is 5.37. The lowest BCUT2D eigenvalue weighted by atomic mass is 10.5. The van der Waals surface area contributed by atoms with E-state index in [2.05, 4.69) is 36.4 Å². The Hall–Kier alpha value is 1.07. The first-order valence-corrected chi connectivity index (χ1v) is 6.13. The zero-order valence-corrected chi connectivity index (χ0v) is 8.97. The molecule has 62 valence electrons. The molecule has 0 aliphatic carbocycles. The van der Waals surface area contributed by atoms with Gasteiger partial charge in [-0.15, -0.1) is 0 Å². The average molecular weight is 298 g/mol. The first-order chi connectivity index (χ1) is 4.49. The first-order valence-electron chi connectivity index (χ1n) is 2.35. The minimum Gasteiger partial charge on any atom is -0.303 e. The van der Waals surface area contributed by atoms with Gasteiger partial charge in [0, 0.05) is 10.7 Å². The number of halogens is 2. The van der Waals surface area contributed by atoms with Crippen molar-refractivity contribution in [3.05, 3.63) is 0 Å². The van der Waals surface area contributed by atoms with E-state index in [1.165, 1.54) is 0 Å². The van der Waals surface area contributed by atoms with Crippen LogP contribution in [0.5, 0.6) is 0 Å². The Morgan fingerprint density at radius 1 is 1.40 bits per heavy atom. The zero-order chi connectivity index (χ0) is 8.20. The third kappa shape index (κ3) is 5.82. The molecule has 0 heterocycles. The van der Waals surface area contributed by atoms with Crippen molar-refractivity contribution < 1.29 is 18.9 Å². The second kappa shape index (κ2) is 4.85. The van der Waals surface area contributed by atoms with Crippen LogP contribution in [0.25, 0.3) is 0 Å². The van der Waals surface area contributed by atoms with E-state index in [4.69, 9.17) is 9.79 Å². The highest BCUT2D eigenvalue weighted by Gasteiger charge is 2.19. The summed E-state index contributed by atoms with van der Waals surface area (Å²) in [7, 11) is -4.31. The maximum absolute atomic E-state index is 10.2. The highest BCUT2D eigenvalue weighted by molar-refractivity contribution is 9.09. The maximum Gasteiger partial charge on any atom is 0.469 e. The lowest BCUT2D eigenvalue weighted by Gasteiger charge is -2.11. The van der Waals surface area contributed by atoms with Crippen LogP contribution >= 0.6 is 39.7 Å². The number of hydrogen-bond acceptors (Lipinski definition) is 2. The molecule has 10 heavy (non-hydrogen) atoms.